The Morgan fingerprint density at radius 3 is 3.00 bits per heavy atom. The van der Waals surface area contributed by atoms with Gasteiger partial charge < -0.3 is 9.57 Å². The molecule has 0 aliphatic heterocycles. The first-order valence-corrected chi connectivity index (χ1v) is 4.95. The van der Waals surface area contributed by atoms with Gasteiger partial charge in [-0.2, -0.15) is 5.10 Å². The summed E-state index contributed by atoms with van der Waals surface area (Å²) in [6.45, 7) is 4.26. The van der Waals surface area contributed by atoms with Crippen molar-refractivity contribution in [2.45, 2.75) is 26.3 Å². The summed E-state index contributed by atoms with van der Waals surface area (Å²) in [7, 11) is 0. The number of nitrogens with one attached hydrogen (secondary N) is 1. The quantitative estimate of drug-likeness (QED) is 0.532. The van der Waals surface area contributed by atoms with Gasteiger partial charge in [-0.3, -0.25) is 9.48 Å². The van der Waals surface area contributed by atoms with Gasteiger partial charge in [-0.05, 0) is 13.8 Å². The van der Waals surface area contributed by atoms with Crippen LogP contribution in [0.2, 0.25) is 0 Å². The van der Waals surface area contributed by atoms with Crippen LogP contribution >= 0.6 is 0 Å². The van der Waals surface area contributed by atoms with Crippen molar-refractivity contribution in [2.75, 3.05) is 6.61 Å². The topological polar surface area (TPSA) is 91.4 Å². The van der Waals surface area contributed by atoms with Crippen LogP contribution in [0.4, 0.5) is 0 Å². The van der Waals surface area contributed by atoms with E-state index in [2.05, 4.69) is 9.94 Å². The van der Waals surface area contributed by atoms with E-state index in [-0.39, 0.29) is 19.1 Å². The maximum atomic E-state index is 10.9. The molecule has 0 bridgehead atoms. The summed E-state index contributed by atoms with van der Waals surface area (Å²) < 4.78 is 7.07. The van der Waals surface area contributed by atoms with Crippen LogP contribution < -0.4 is 16.2 Å². The average Bonchev–Trinajstić information content (AvgIpc) is 2.67. The summed E-state index contributed by atoms with van der Waals surface area (Å²) in [5.74, 6) is 4.96. The maximum absolute atomic E-state index is 10.9. The largest absolute Gasteiger partial charge is 0.490 e. The highest BCUT2D eigenvalue weighted by molar-refractivity contribution is 5.69. The molecular weight excluding hydrogens is 212 g/mol. The molecule has 0 aliphatic carbocycles. The minimum absolute atomic E-state index is 0.122. The van der Waals surface area contributed by atoms with Gasteiger partial charge in [0, 0.05) is 6.04 Å². The molecule has 0 aliphatic rings. The molecule has 0 unspecified atom stereocenters. The van der Waals surface area contributed by atoms with E-state index in [0.29, 0.717) is 5.75 Å². The van der Waals surface area contributed by atoms with Crippen molar-refractivity contribution in [3.8, 4) is 5.75 Å². The Balaban J connectivity index is 2.29. The molecule has 1 heterocycles. The van der Waals surface area contributed by atoms with Crippen LogP contribution in [0.1, 0.15) is 26.3 Å². The lowest BCUT2D eigenvalue weighted by molar-refractivity contribution is -0.151. The Morgan fingerprint density at radius 2 is 2.44 bits per heavy atom. The SMILES string of the molecule is CC(C)n1cc(OCCC(=O)ONN)cn1. The van der Waals surface area contributed by atoms with Gasteiger partial charge in [0.1, 0.15) is 0 Å². The number of aromatic nitrogens is 2. The molecule has 90 valence electrons. The standard InChI is InChI=1S/C9H16N4O3/c1-7(2)13-6-8(5-11-13)15-4-3-9(14)16-12-10/h5-7,12H,3-4,10H2,1-2H3. The molecule has 0 amide bonds. The zero-order valence-corrected chi connectivity index (χ0v) is 9.34. The Morgan fingerprint density at radius 1 is 1.69 bits per heavy atom. The smallest absolute Gasteiger partial charge is 0.329 e. The summed E-state index contributed by atoms with van der Waals surface area (Å²) in [5.41, 5.74) is 1.81. The van der Waals surface area contributed by atoms with Crippen LogP contribution in [0.5, 0.6) is 5.75 Å². The number of nitrogens with zero attached hydrogens (tertiary/aromatic N) is 2. The van der Waals surface area contributed by atoms with Crippen molar-refractivity contribution in [3.05, 3.63) is 12.4 Å². The highest BCUT2D eigenvalue weighted by Crippen LogP contribution is 2.12. The number of hydrogen-bond donors (Lipinski definition) is 2. The van der Waals surface area contributed by atoms with Crippen molar-refractivity contribution in [1.82, 2.24) is 15.4 Å². The number of ether oxygens (including phenoxy) is 1. The molecular formula is C9H16N4O3. The average molecular weight is 228 g/mol. The van der Waals surface area contributed by atoms with Crippen LogP contribution in [0.15, 0.2) is 12.4 Å². The van der Waals surface area contributed by atoms with Crippen LogP contribution in [0.3, 0.4) is 0 Å². The number of nitrogens with two attached hydrogens (primary N) is 1. The fraction of sp³-hybridized carbons (Fsp3) is 0.556. The first-order valence-electron chi connectivity index (χ1n) is 4.95. The second kappa shape index (κ2) is 6.09. The van der Waals surface area contributed by atoms with Crippen LogP contribution in [0.25, 0.3) is 0 Å². The number of hydrogen-bond acceptors (Lipinski definition) is 6. The van der Waals surface area contributed by atoms with Crippen molar-refractivity contribution >= 4 is 5.97 Å². The predicted molar refractivity (Wildman–Crippen MR) is 56.1 cm³/mol. The summed E-state index contributed by atoms with van der Waals surface area (Å²) in [4.78, 5) is 15.2. The van der Waals surface area contributed by atoms with E-state index in [1.54, 1.807) is 17.1 Å². The molecule has 0 radical (unpaired) electrons. The molecule has 1 aromatic rings. The number of hydrazine groups is 1. The van der Waals surface area contributed by atoms with E-state index in [4.69, 9.17) is 10.6 Å². The van der Waals surface area contributed by atoms with Crippen LogP contribution in [-0.4, -0.2) is 22.4 Å². The lowest BCUT2D eigenvalue weighted by Crippen LogP contribution is -2.26. The zero-order chi connectivity index (χ0) is 12.0. The van der Waals surface area contributed by atoms with Gasteiger partial charge in [0.25, 0.3) is 0 Å². The third kappa shape index (κ3) is 3.87. The zero-order valence-electron chi connectivity index (χ0n) is 9.34. The minimum Gasteiger partial charge on any atom is -0.490 e. The van der Waals surface area contributed by atoms with E-state index < -0.39 is 5.97 Å². The first-order chi connectivity index (χ1) is 7.63. The Kier molecular flexibility index (Phi) is 4.74. The van der Waals surface area contributed by atoms with E-state index in [1.807, 2.05) is 19.4 Å². The minimum atomic E-state index is -0.473. The molecule has 0 atom stereocenters. The predicted octanol–water partition coefficient (Wildman–Crippen LogP) is 0.154. The fourth-order valence-corrected chi connectivity index (χ4v) is 1.05. The third-order valence-electron chi connectivity index (χ3n) is 1.85. The van der Waals surface area contributed by atoms with Crippen molar-refractivity contribution < 1.29 is 14.4 Å². The maximum Gasteiger partial charge on any atom is 0.329 e. The fourth-order valence-electron chi connectivity index (χ4n) is 1.05. The summed E-state index contributed by atoms with van der Waals surface area (Å²) in [6, 6.07) is 0.281. The summed E-state index contributed by atoms with van der Waals surface area (Å²) in [5, 5.41) is 4.09. The lowest BCUT2D eigenvalue weighted by Gasteiger charge is -2.04. The number of carbonyl (C=O) groups is 1. The molecule has 0 fully saturated rings. The second-order valence-corrected chi connectivity index (χ2v) is 3.44. The van der Waals surface area contributed by atoms with Gasteiger partial charge in [0.2, 0.25) is 0 Å². The molecule has 1 aromatic heterocycles. The van der Waals surface area contributed by atoms with Gasteiger partial charge in [-0.25, -0.2) is 5.84 Å². The van der Waals surface area contributed by atoms with E-state index in [1.165, 1.54) is 0 Å². The monoisotopic (exact) mass is 228 g/mol. The van der Waals surface area contributed by atoms with Gasteiger partial charge in [0.05, 0.1) is 25.4 Å². The van der Waals surface area contributed by atoms with Gasteiger partial charge >= 0.3 is 5.97 Å². The molecule has 0 saturated heterocycles. The van der Waals surface area contributed by atoms with Crippen molar-refractivity contribution in [2.24, 2.45) is 5.84 Å². The second-order valence-electron chi connectivity index (χ2n) is 3.44. The van der Waals surface area contributed by atoms with E-state index in [0.717, 1.165) is 0 Å². The van der Waals surface area contributed by atoms with Crippen molar-refractivity contribution in [3.63, 3.8) is 0 Å². The molecule has 0 spiro atoms. The van der Waals surface area contributed by atoms with Gasteiger partial charge in [-0.15, -0.1) is 0 Å². The Labute approximate surface area is 93.4 Å². The molecule has 16 heavy (non-hydrogen) atoms. The lowest BCUT2D eigenvalue weighted by atomic mass is 10.4. The van der Waals surface area contributed by atoms with E-state index >= 15 is 0 Å². The van der Waals surface area contributed by atoms with E-state index in [9.17, 15) is 4.79 Å². The highest BCUT2D eigenvalue weighted by Gasteiger charge is 2.05. The molecule has 1 rings (SSSR count). The van der Waals surface area contributed by atoms with Crippen LogP contribution in [0, 0.1) is 0 Å². The molecule has 7 nitrogen and oxygen atoms in total. The molecule has 7 heteroatoms. The van der Waals surface area contributed by atoms with Crippen molar-refractivity contribution in [1.29, 1.82) is 0 Å². The number of rotatable bonds is 6. The van der Waals surface area contributed by atoms with Gasteiger partial charge in [0.15, 0.2) is 5.75 Å². The molecule has 0 aromatic carbocycles. The normalized spacial score (nSPS) is 10.5. The molecule has 0 saturated carbocycles. The Bertz CT molecular complexity index is 337. The van der Waals surface area contributed by atoms with Crippen LogP contribution in [-0.2, 0) is 9.63 Å². The number of carbonyl (C=O) groups excluding carboxylic acids is 1. The Hall–Kier alpha value is -1.60. The molecule has 3 N–H and O–H groups in total. The first kappa shape index (κ1) is 12.5. The van der Waals surface area contributed by atoms with Gasteiger partial charge in [-0.1, -0.05) is 5.59 Å². The highest BCUT2D eigenvalue weighted by atomic mass is 16.7. The third-order valence-corrected chi connectivity index (χ3v) is 1.85. The summed E-state index contributed by atoms with van der Waals surface area (Å²) in [6.07, 6.45) is 3.50. The summed E-state index contributed by atoms with van der Waals surface area (Å²) >= 11 is 0.